The maximum atomic E-state index is 9.28. The van der Waals surface area contributed by atoms with Gasteiger partial charge in [0, 0.05) is 31.4 Å². The van der Waals surface area contributed by atoms with Crippen LogP contribution in [0.3, 0.4) is 0 Å². The zero-order chi connectivity index (χ0) is 14.5. The van der Waals surface area contributed by atoms with E-state index in [1.807, 2.05) is 49.0 Å². The maximum absolute atomic E-state index is 9.28. The second-order valence-electron chi connectivity index (χ2n) is 5.00. The van der Waals surface area contributed by atoms with Crippen LogP contribution < -0.4 is 5.32 Å². The molecule has 1 aromatic carbocycles. The van der Waals surface area contributed by atoms with Crippen LogP contribution in [0, 0.1) is 25.2 Å². The van der Waals surface area contributed by atoms with Gasteiger partial charge in [0.2, 0.25) is 0 Å². The fourth-order valence-corrected chi connectivity index (χ4v) is 2.34. The molecule has 4 nitrogen and oxygen atoms in total. The van der Waals surface area contributed by atoms with Gasteiger partial charge < -0.3 is 5.32 Å². The van der Waals surface area contributed by atoms with E-state index >= 15 is 0 Å². The molecule has 0 radical (unpaired) electrons. The van der Waals surface area contributed by atoms with E-state index in [1.165, 1.54) is 11.3 Å². The average molecular weight is 268 g/mol. The molecule has 0 aliphatic heterocycles. The van der Waals surface area contributed by atoms with Crippen molar-refractivity contribution in [2.24, 2.45) is 7.05 Å². The molecule has 20 heavy (non-hydrogen) atoms. The molecule has 0 bridgehead atoms. The van der Waals surface area contributed by atoms with Crippen molar-refractivity contribution in [3.63, 3.8) is 0 Å². The summed E-state index contributed by atoms with van der Waals surface area (Å²) in [5, 5.41) is 17.1. The molecule has 0 saturated heterocycles. The minimum atomic E-state index is -0.117. The summed E-state index contributed by atoms with van der Waals surface area (Å²) in [4.78, 5) is 0. The smallest absolute Gasteiger partial charge is 0.0837 e. The van der Waals surface area contributed by atoms with Gasteiger partial charge in [0.1, 0.15) is 0 Å². The van der Waals surface area contributed by atoms with Crippen LogP contribution >= 0.6 is 0 Å². The number of nitrogens with zero attached hydrogens (tertiary/aromatic N) is 3. The number of nitriles is 1. The van der Waals surface area contributed by atoms with Crippen molar-refractivity contribution in [1.82, 2.24) is 15.1 Å². The third kappa shape index (κ3) is 3.06. The van der Waals surface area contributed by atoms with Gasteiger partial charge in [0.05, 0.1) is 17.7 Å². The third-order valence-electron chi connectivity index (χ3n) is 3.67. The first-order valence-electron chi connectivity index (χ1n) is 6.77. The minimum Gasteiger partial charge on any atom is -0.311 e. The molecule has 1 heterocycles. The predicted octanol–water partition coefficient (Wildman–Crippen LogP) is 2.43. The van der Waals surface area contributed by atoms with Crippen LogP contribution in [-0.4, -0.2) is 16.3 Å². The molecule has 1 N–H and O–H groups in total. The fourth-order valence-electron chi connectivity index (χ4n) is 2.34. The van der Waals surface area contributed by atoms with Crippen LogP contribution in [-0.2, 0) is 13.6 Å². The number of aryl methyl sites for hydroxylation is 2. The van der Waals surface area contributed by atoms with Gasteiger partial charge in [-0.05, 0) is 19.4 Å². The number of aromatic nitrogens is 2. The molecule has 0 saturated carbocycles. The van der Waals surface area contributed by atoms with Gasteiger partial charge in [-0.2, -0.15) is 10.4 Å². The van der Waals surface area contributed by atoms with Crippen LogP contribution in [0.25, 0.3) is 0 Å². The number of rotatable bonds is 5. The molecule has 2 aromatic rings. The standard InChI is InChI=1S/C16H20N4/c1-12-16(13(2)20(3)19-12)11-18-10-15(9-17)14-7-5-4-6-8-14/h4-8,15,18H,10-11H2,1-3H3. The van der Waals surface area contributed by atoms with Crippen molar-refractivity contribution in [2.75, 3.05) is 6.54 Å². The van der Waals surface area contributed by atoms with Crippen LogP contribution in [0.1, 0.15) is 28.4 Å². The number of hydrogen-bond donors (Lipinski definition) is 1. The molecule has 0 aliphatic carbocycles. The van der Waals surface area contributed by atoms with E-state index in [2.05, 4.69) is 23.4 Å². The highest BCUT2D eigenvalue weighted by atomic mass is 15.3. The van der Waals surface area contributed by atoms with Gasteiger partial charge in [0.25, 0.3) is 0 Å². The third-order valence-corrected chi connectivity index (χ3v) is 3.67. The van der Waals surface area contributed by atoms with Gasteiger partial charge in [-0.15, -0.1) is 0 Å². The summed E-state index contributed by atoms with van der Waals surface area (Å²) < 4.78 is 1.89. The van der Waals surface area contributed by atoms with Gasteiger partial charge >= 0.3 is 0 Å². The molecule has 0 amide bonds. The summed E-state index contributed by atoms with van der Waals surface area (Å²) in [5.74, 6) is -0.117. The van der Waals surface area contributed by atoms with Crippen LogP contribution in [0.5, 0.6) is 0 Å². The van der Waals surface area contributed by atoms with Crippen molar-refractivity contribution in [3.8, 4) is 6.07 Å². The Bertz CT molecular complexity index is 607. The Kier molecular flexibility index (Phi) is 4.54. The highest BCUT2D eigenvalue weighted by Gasteiger charge is 2.12. The Hall–Kier alpha value is -2.12. The van der Waals surface area contributed by atoms with Crippen LogP contribution in [0.4, 0.5) is 0 Å². The Morgan fingerprint density at radius 2 is 2.00 bits per heavy atom. The molecule has 1 aromatic heterocycles. The van der Waals surface area contributed by atoms with Crippen molar-refractivity contribution < 1.29 is 0 Å². The quantitative estimate of drug-likeness (QED) is 0.906. The lowest BCUT2D eigenvalue weighted by atomic mass is 10.0. The Morgan fingerprint density at radius 3 is 2.55 bits per heavy atom. The SMILES string of the molecule is Cc1nn(C)c(C)c1CNCC(C#N)c1ccccc1. The van der Waals surface area contributed by atoms with E-state index in [0.29, 0.717) is 6.54 Å². The van der Waals surface area contributed by atoms with Gasteiger partial charge in [-0.3, -0.25) is 4.68 Å². The maximum Gasteiger partial charge on any atom is 0.0837 e. The van der Waals surface area contributed by atoms with Crippen molar-refractivity contribution in [3.05, 3.63) is 52.8 Å². The first kappa shape index (κ1) is 14.3. The number of hydrogen-bond acceptors (Lipinski definition) is 3. The van der Waals surface area contributed by atoms with Gasteiger partial charge in [-0.1, -0.05) is 30.3 Å². The minimum absolute atomic E-state index is 0.117. The molecule has 0 aliphatic rings. The highest BCUT2D eigenvalue weighted by molar-refractivity contribution is 5.26. The summed E-state index contributed by atoms with van der Waals surface area (Å²) in [6, 6.07) is 12.2. The van der Waals surface area contributed by atoms with Crippen LogP contribution in [0.2, 0.25) is 0 Å². The molecule has 0 spiro atoms. The van der Waals surface area contributed by atoms with Gasteiger partial charge in [-0.25, -0.2) is 0 Å². The summed E-state index contributed by atoms with van der Waals surface area (Å²) >= 11 is 0. The second-order valence-corrected chi connectivity index (χ2v) is 5.00. The molecule has 104 valence electrons. The molecule has 4 heteroatoms. The topological polar surface area (TPSA) is 53.6 Å². The van der Waals surface area contributed by atoms with Crippen molar-refractivity contribution in [1.29, 1.82) is 5.26 Å². The summed E-state index contributed by atoms with van der Waals surface area (Å²) in [7, 11) is 1.95. The lowest BCUT2D eigenvalue weighted by Gasteiger charge is -2.11. The Labute approximate surface area is 120 Å². The highest BCUT2D eigenvalue weighted by Crippen LogP contribution is 2.15. The lowest BCUT2D eigenvalue weighted by Crippen LogP contribution is -2.21. The Morgan fingerprint density at radius 1 is 1.30 bits per heavy atom. The number of nitrogens with one attached hydrogen (secondary N) is 1. The monoisotopic (exact) mass is 268 g/mol. The molecule has 2 rings (SSSR count). The van der Waals surface area contributed by atoms with E-state index in [0.717, 1.165) is 17.8 Å². The predicted molar refractivity (Wildman–Crippen MR) is 79.2 cm³/mol. The van der Waals surface area contributed by atoms with Gasteiger partial charge in [0.15, 0.2) is 0 Å². The molecule has 1 atom stereocenters. The number of benzene rings is 1. The van der Waals surface area contributed by atoms with E-state index in [1.54, 1.807) is 0 Å². The summed E-state index contributed by atoms with van der Waals surface area (Å²) in [6.45, 7) is 5.48. The Balaban J connectivity index is 1.97. The molecule has 0 fully saturated rings. The summed E-state index contributed by atoms with van der Waals surface area (Å²) in [6.07, 6.45) is 0. The largest absolute Gasteiger partial charge is 0.311 e. The van der Waals surface area contributed by atoms with E-state index in [9.17, 15) is 5.26 Å². The van der Waals surface area contributed by atoms with Crippen LogP contribution in [0.15, 0.2) is 30.3 Å². The van der Waals surface area contributed by atoms with E-state index < -0.39 is 0 Å². The normalized spacial score (nSPS) is 12.1. The van der Waals surface area contributed by atoms with E-state index in [-0.39, 0.29) is 5.92 Å². The van der Waals surface area contributed by atoms with Crippen molar-refractivity contribution in [2.45, 2.75) is 26.3 Å². The second kappa shape index (κ2) is 6.36. The zero-order valence-electron chi connectivity index (χ0n) is 12.2. The molecular weight excluding hydrogens is 248 g/mol. The summed E-state index contributed by atoms with van der Waals surface area (Å²) in [5.41, 5.74) is 4.49. The first-order valence-corrected chi connectivity index (χ1v) is 6.77. The fraction of sp³-hybridized carbons (Fsp3) is 0.375. The molecular formula is C16H20N4. The zero-order valence-corrected chi connectivity index (χ0v) is 12.2. The average Bonchev–Trinajstić information content (AvgIpc) is 2.70. The molecule has 1 unspecified atom stereocenters. The van der Waals surface area contributed by atoms with Crippen molar-refractivity contribution >= 4 is 0 Å². The lowest BCUT2D eigenvalue weighted by molar-refractivity contribution is 0.647. The van der Waals surface area contributed by atoms with E-state index in [4.69, 9.17) is 0 Å². The first-order chi connectivity index (χ1) is 9.63.